The van der Waals surface area contributed by atoms with Crippen molar-refractivity contribution in [3.63, 3.8) is 0 Å². The second-order valence-corrected chi connectivity index (χ2v) is 6.35. The van der Waals surface area contributed by atoms with Crippen LogP contribution in [0.25, 0.3) is 27.8 Å². The fraction of sp³-hybridized carbons (Fsp3) is 0.158. The van der Waals surface area contributed by atoms with Crippen molar-refractivity contribution in [2.45, 2.75) is 6.42 Å². The Kier molecular flexibility index (Phi) is 3.56. The number of nitrogens with zero attached hydrogens (tertiary/aromatic N) is 6. The molecule has 1 fully saturated rings. The van der Waals surface area contributed by atoms with E-state index in [9.17, 15) is 8.78 Å². The van der Waals surface area contributed by atoms with Crippen LogP contribution in [0.1, 0.15) is 6.42 Å². The number of halogens is 2. The molecule has 1 aliphatic rings. The highest BCUT2D eigenvalue weighted by Crippen LogP contribution is 2.35. The first kappa shape index (κ1) is 15.8. The lowest BCUT2D eigenvalue weighted by Crippen LogP contribution is -2.38. The summed E-state index contributed by atoms with van der Waals surface area (Å²) in [6.45, 7) is 1.91. The minimum absolute atomic E-state index is 0.142. The Labute approximate surface area is 153 Å². The highest BCUT2D eigenvalue weighted by Gasteiger charge is 2.22. The summed E-state index contributed by atoms with van der Waals surface area (Å²) in [7, 11) is 0. The molecule has 4 heterocycles. The van der Waals surface area contributed by atoms with Gasteiger partial charge in [0.05, 0.1) is 6.20 Å². The number of benzene rings is 1. The van der Waals surface area contributed by atoms with E-state index in [0.29, 0.717) is 5.65 Å². The minimum atomic E-state index is -0.698. The van der Waals surface area contributed by atoms with Crippen LogP contribution >= 0.6 is 0 Å². The molecule has 0 bridgehead atoms. The molecular formula is C19H14F2N6. The molecule has 5 rings (SSSR count). The molecule has 1 saturated heterocycles. The normalized spacial score (nSPS) is 13.8. The second kappa shape index (κ2) is 6.08. The Morgan fingerprint density at radius 3 is 2.63 bits per heavy atom. The number of pyridine rings is 1. The fourth-order valence-electron chi connectivity index (χ4n) is 3.29. The molecule has 4 aromatic rings. The van der Waals surface area contributed by atoms with Crippen LogP contribution in [-0.2, 0) is 0 Å². The Hall–Kier alpha value is -3.42. The molecule has 6 nitrogen and oxygen atoms in total. The van der Waals surface area contributed by atoms with Gasteiger partial charge in [0, 0.05) is 48.1 Å². The molecular weight excluding hydrogens is 350 g/mol. The zero-order valence-corrected chi connectivity index (χ0v) is 14.2. The zero-order chi connectivity index (χ0) is 18.4. The third kappa shape index (κ3) is 2.52. The van der Waals surface area contributed by atoms with Gasteiger partial charge >= 0.3 is 0 Å². The Balaban J connectivity index is 1.70. The molecule has 0 aliphatic carbocycles. The van der Waals surface area contributed by atoms with Gasteiger partial charge in [-0.1, -0.05) is 0 Å². The molecule has 0 atom stereocenters. The largest absolute Gasteiger partial charge is 0.356 e. The average molecular weight is 364 g/mol. The van der Waals surface area contributed by atoms with Gasteiger partial charge in [-0.3, -0.25) is 0 Å². The summed E-state index contributed by atoms with van der Waals surface area (Å²) in [4.78, 5) is 15.2. The average Bonchev–Trinajstić information content (AvgIpc) is 3.05. The molecule has 0 unspecified atom stereocenters. The highest BCUT2D eigenvalue weighted by atomic mass is 19.1. The van der Waals surface area contributed by atoms with Crippen LogP contribution in [0.4, 0.5) is 14.6 Å². The molecule has 8 heteroatoms. The van der Waals surface area contributed by atoms with E-state index in [1.807, 2.05) is 6.07 Å². The summed E-state index contributed by atoms with van der Waals surface area (Å²) in [5.41, 5.74) is 2.37. The number of rotatable bonds is 3. The first-order valence-corrected chi connectivity index (χ1v) is 8.56. The first-order chi connectivity index (χ1) is 13.2. The van der Waals surface area contributed by atoms with Gasteiger partial charge in [-0.15, -0.1) is 0 Å². The van der Waals surface area contributed by atoms with Crippen molar-refractivity contribution >= 4 is 16.9 Å². The molecule has 0 spiro atoms. The van der Waals surface area contributed by atoms with Gasteiger partial charge < -0.3 is 4.90 Å². The SMILES string of the molecule is Fc1ccc(-n2ncc3c(-c4cncnc4N4CCC4)ccnc32)c(F)c1. The number of anilines is 1. The lowest BCUT2D eigenvalue weighted by Gasteiger charge is -2.33. The van der Waals surface area contributed by atoms with Gasteiger partial charge in [-0.2, -0.15) is 5.10 Å². The van der Waals surface area contributed by atoms with Crippen LogP contribution in [0, 0.1) is 11.6 Å². The number of hydrogen-bond donors (Lipinski definition) is 0. The van der Waals surface area contributed by atoms with E-state index in [0.717, 1.165) is 47.9 Å². The first-order valence-electron chi connectivity index (χ1n) is 8.56. The topological polar surface area (TPSA) is 59.7 Å². The van der Waals surface area contributed by atoms with Gasteiger partial charge in [-0.25, -0.2) is 28.4 Å². The van der Waals surface area contributed by atoms with Crippen molar-refractivity contribution in [1.82, 2.24) is 24.7 Å². The summed E-state index contributed by atoms with van der Waals surface area (Å²) in [6, 6.07) is 5.25. The minimum Gasteiger partial charge on any atom is -0.356 e. The molecule has 27 heavy (non-hydrogen) atoms. The Bertz CT molecular complexity index is 1150. The quantitative estimate of drug-likeness (QED) is 0.558. The lowest BCUT2D eigenvalue weighted by molar-refractivity contribution is 0.574. The molecule has 0 amide bonds. The van der Waals surface area contributed by atoms with Gasteiger partial charge in [0.1, 0.15) is 23.6 Å². The van der Waals surface area contributed by atoms with Crippen LogP contribution < -0.4 is 4.90 Å². The molecule has 134 valence electrons. The van der Waals surface area contributed by atoms with E-state index in [-0.39, 0.29) is 5.69 Å². The van der Waals surface area contributed by atoms with Crippen LogP contribution in [0.15, 0.2) is 49.2 Å². The van der Waals surface area contributed by atoms with Crippen molar-refractivity contribution in [2.75, 3.05) is 18.0 Å². The van der Waals surface area contributed by atoms with Crippen LogP contribution in [0.3, 0.4) is 0 Å². The molecule has 1 aromatic carbocycles. The van der Waals surface area contributed by atoms with Crippen LogP contribution in [0.2, 0.25) is 0 Å². The highest BCUT2D eigenvalue weighted by molar-refractivity contribution is 5.96. The predicted molar refractivity (Wildman–Crippen MR) is 96.6 cm³/mol. The third-order valence-electron chi connectivity index (χ3n) is 4.75. The van der Waals surface area contributed by atoms with Crippen molar-refractivity contribution in [2.24, 2.45) is 0 Å². The zero-order valence-electron chi connectivity index (χ0n) is 14.2. The van der Waals surface area contributed by atoms with Crippen molar-refractivity contribution in [1.29, 1.82) is 0 Å². The maximum absolute atomic E-state index is 14.2. The third-order valence-corrected chi connectivity index (χ3v) is 4.75. The fourth-order valence-corrected chi connectivity index (χ4v) is 3.29. The smallest absolute Gasteiger partial charge is 0.163 e. The summed E-state index contributed by atoms with van der Waals surface area (Å²) < 4.78 is 28.9. The molecule has 0 N–H and O–H groups in total. The van der Waals surface area contributed by atoms with E-state index in [1.54, 1.807) is 18.6 Å². The standard InChI is InChI=1S/C19H14F2N6/c20-12-2-3-17(16(21)8-12)27-19-15(10-25-27)13(4-5-23-19)14-9-22-11-24-18(14)26-6-1-7-26/h2-5,8-11H,1,6-7H2. The maximum atomic E-state index is 14.2. The summed E-state index contributed by atoms with van der Waals surface area (Å²) in [5.74, 6) is -0.469. The van der Waals surface area contributed by atoms with E-state index in [4.69, 9.17) is 0 Å². The second-order valence-electron chi connectivity index (χ2n) is 6.35. The summed E-state index contributed by atoms with van der Waals surface area (Å²) in [6.07, 6.45) is 7.71. The van der Waals surface area contributed by atoms with Crippen LogP contribution in [0.5, 0.6) is 0 Å². The molecule has 1 aliphatic heterocycles. The molecule has 0 radical (unpaired) electrons. The van der Waals surface area contributed by atoms with Crippen molar-refractivity contribution < 1.29 is 8.78 Å². The van der Waals surface area contributed by atoms with Gasteiger partial charge in [0.2, 0.25) is 0 Å². The number of fused-ring (bicyclic) bond motifs is 1. The number of aromatic nitrogens is 5. The van der Waals surface area contributed by atoms with Gasteiger partial charge in [-0.05, 0) is 24.6 Å². The van der Waals surface area contributed by atoms with Gasteiger partial charge in [0.15, 0.2) is 11.5 Å². The molecule has 3 aromatic heterocycles. The lowest BCUT2D eigenvalue weighted by atomic mass is 10.0. The van der Waals surface area contributed by atoms with E-state index >= 15 is 0 Å². The number of hydrogen-bond acceptors (Lipinski definition) is 5. The van der Waals surface area contributed by atoms with Crippen LogP contribution in [-0.4, -0.2) is 37.8 Å². The van der Waals surface area contributed by atoms with Crippen molar-refractivity contribution in [3.05, 3.63) is 60.8 Å². The molecule has 0 saturated carbocycles. The van der Waals surface area contributed by atoms with E-state index in [2.05, 4.69) is 25.0 Å². The van der Waals surface area contributed by atoms with E-state index in [1.165, 1.54) is 23.1 Å². The van der Waals surface area contributed by atoms with Gasteiger partial charge in [0.25, 0.3) is 0 Å². The summed E-state index contributed by atoms with van der Waals surface area (Å²) in [5, 5.41) is 5.04. The van der Waals surface area contributed by atoms with E-state index < -0.39 is 11.6 Å². The summed E-state index contributed by atoms with van der Waals surface area (Å²) >= 11 is 0. The van der Waals surface area contributed by atoms with Crippen molar-refractivity contribution in [3.8, 4) is 16.8 Å². The maximum Gasteiger partial charge on any atom is 0.163 e. The predicted octanol–water partition coefficient (Wildman–Crippen LogP) is 3.37. The monoisotopic (exact) mass is 364 g/mol. The Morgan fingerprint density at radius 1 is 0.963 bits per heavy atom. The Morgan fingerprint density at radius 2 is 1.85 bits per heavy atom.